The van der Waals surface area contributed by atoms with Crippen molar-refractivity contribution in [1.29, 1.82) is 0 Å². The van der Waals surface area contributed by atoms with Crippen LogP contribution in [0.4, 0.5) is 18.9 Å². The van der Waals surface area contributed by atoms with Crippen LogP contribution in [0.1, 0.15) is 50.2 Å². The van der Waals surface area contributed by atoms with E-state index < -0.39 is 40.3 Å². The van der Waals surface area contributed by atoms with Crippen molar-refractivity contribution >= 4 is 27.5 Å². The van der Waals surface area contributed by atoms with E-state index in [1.165, 1.54) is 11.0 Å². The molecule has 0 bridgehead atoms. The fourth-order valence-electron chi connectivity index (χ4n) is 4.59. The molecule has 2 aromatic rings. The van der Waals surface area contributed by atoms with E-state index in [1.807, 2.05) is 30.3 Å². The van der Waals surface area contributed by atoms with Crippen LogP contribution in [0.25, 0.3) is 0 Å². The van der Waals surface area contributed by atoms with Crippen LogP contribution in [0.5, 0.6) is 0 Å². The fourth-order valence-corrected chi connectivity index (χ4v) is 5.43. The maximum absolute atomic E-state index is 13.5. The third kappa shape index (κ3) is 8.21. The molecule has 7 nitrogen and oxygen atoms in total. The van der Waals surface area contributed by atoms with Gasteiger partial charge in [0.15, 0.2) is 0 Å². The van der Waals surface area contributed by atoms with Gasteiger partial charge in [0, 0.05) is 12.6 Å². The summed E-state index contributed by atoms with van der Waals surface area (Å²) in [6, 6.07) is 12.2. The summed E-state index contributed by atoms with van der Waals surface area (Å²) in [5.74, 6) is -1.03. The van der Waals surface area contributed by atoms with Crippen LogP contribution >= 0.6 is 0 Å². The number of halogens is 3. The second-order valence-electron chi connectivity index (χ2n) is 9.66. The molecule has 2 amide bonds. The molecule has 1 saturated carbocycles. The lowest BCUT2D eigenvalue weighted by atomic mass is 9.95. The number of hydrogen-bond acceptors (Lipinski definition) is 4. The standard InChI is InChI=1S/C27H34F3N3O4S/c1-20(26(35)31-23-13-7-4-8-14-23)32(17-16-21-10-5-3-6-11-21)25(34)19-33(38(2,36)37)24-15-9-12-22(18-24)27(28,29)30/h3,5-6,9-12,15,18,20,23H,4,7-8,13-14,16-17,19H2,1-2H3,(H,31,35). The first kappa shape index (κ1) is 29.5. The number of carbonyl (C=O) groups excluding carboxylic acids is 2. The van der Waals surface area contributed by atoms with Crippen molar-refractivity contribution < 1.29 is 31.2 Å². The predicted molar refractivity (Wildman–Crippen MR) is 140 cm³/mol. The monoisotopic (exact) mass is 553 g/mol. The average molecular weight is 554 g/mol. The molecule has 0 saturated heterocycles. The van der Waals surface area contributed by atoms with Crippen LogP contribution in [0.3, 0.4) is 0 Å². The minimum absolute atomic E-state index is 0.0161. The molecule has 3 rings (SSSR count). The van der Waals surface area contributed by atoms with Gasteiger partial charge in [0.2, 0.25) is 21.8 Å². The number of amides is 2. The molecule has 1 unspecified atom stereocenters. The second kappa shape index (κ2) is 12.6. The van der Waals surface area contributed by atoms with Gasteiger partial charge in [0.05, 0.1) is 17.5 Å². The zero-order chi connectivity index (χ0) is 27.9. The van der Waals surface area contributed by atoms with E-state index in [9.17, 15) is 31.2 Å². The molecule has 0 radical (unpaired) electrons. The molecule has 208 valence electrons. The van der Waals surface area contributed by atoms with Gasteiger partial charge in [-0.15, -0.1) is 0 Å². The van der Waals surface area contributed by atoms with Crippen LogP contribution in [-0.4, -0.2) is 56.6 Å². The molecule has 38 heavy (non-hydrogen) atoms. The largest absolute Gasteiger partial charge is 0.416 e. The Morgan fingerprint density at radius 2 is 1.68 bits per heavy atom. The van der Waals surface area contributed by atoms with E-state index in [1.54, 1.807) is 6.92 Å². The first-order valence-corrected chi connectivity index (χ1v) is 14.5. The number of benzene rings is 2. The Balaban J connectivity index is 1.85. The van der Waals surface area contributed by atoms with Gasteiger partial charge >= 0.3 is 6.18 Å². The highest BCUT2D eigenvalue weighted by molar-refractivity contribution is 7.92. The molecular formula is C27H34F3N3O4S. The fraction of sp³-hybridized carbons (Fsp3) is 0.481. The molecular weight excluding hydrogens is 519 g/mol. The van der Waals surface area contributed by atoms with Crippen molar-refractivity contribution in [3.63, 3.8) is 0 Å². The Bertz CT molecular complexity index is 1200. The average Bonchev–Trinajstić information content (AvgIpc) is 2.87. The van der Waals surface area contributed by atoms with Crippen molar-refractivity contribution in [3.05, 3.63) is 65.7 Å². The second-order valence-corrected chi connectivity index (χ2v) is 11.6. The van der Waals surface area contributed by atoms with Crippen LogP contribution in [0.15, 0.2) is 54.6 Å². The summed E-state index contributed by atoms with van der Waals surface area (Å²) in [7, 11) is -4.13. The van der Waals surface area contributed by atoms with E-state index >= 15 is 0 Å². The molecule has 0 heterocycles. The van der Waals surface area contributed by atoms with Gasteiger partial charge in [-0.25, -0.2) is 8.42 Å². The number of sulfonamides is 1. The molecule has 0 spiro atoms. The zero-order valence-corrected chi connectivity index (χ0v) is 22.4. The maximum Gasteiger partial charge on any atom is 0.416 e. The Morgan fingerprint density at radius 3 is 2.29 bits per heavy atom. The number of alkyl halides is 3. The summed E-state index contributed by atoms with van der Waals surface area (Å²) in [5, 5.41) is 3.00. The Hall–Kier alpha value is -3.08. The molecule has 0 aromatic heterocycles. The molecule has 1 atom stereocenters. The summed E-state index contributed by atoms with van der Waals surface area (Å²) in [4.78, 5) is 27.9. The number of rotatable bonds is 10. The lowest BCUT2D eigenvalue weighted by Crippen LogP contribution is -2.53. The van der Waals surface area contributed by atoms with Crippen LogP contribution < -0.4 is 9.62 Å². The van der Waals surface area contributed by atoms with Crippen molar-refractivity contribution in [3.8, 4) is 0 Å². The Kier molecular flexibility index (Phi) is 9.81. The molecule has 0 aliphatic heterocycles. The normalized spacial score (nSPS) is 15.5. The Morgan fingerprint density at radius 1 is 1.03 bits per heavy atom. The predicted octanol–water partition coefficient (Wildman–Crippen LogP) is 4.38. The molecule has 2 aromatic carbocycles. The molecule has 1 aliphatic carbocycles. The third-order valence-corrected chi connectivity index (χ3v) is 7.88. The summed E-state index contributed by atoms with van der Waals surface area (Å²) in [5.41, 5.74) is -0.390. The van der Waals surface area contributed by atoms with E-state index in [0.717, 1.165) is 56.1 Å². The summed E-state index contributed by atoms with van der Waals surface area (Å²) in [6.45, 7) is 0.967. The van der Waals surface area contributed by atoms with Gasteiger partial charge in [-0.3, -0.25) is 13.9 Å². The van der Waals surface area contributed by atoms with Gasteiger partial charge in [0.25, 0.3) is 0 Å². The highest BCUT2D eigenvalue weighted by Gasteiger charge is 2.34. The van der Waals surface area contributed by atoms with E-state index in [0.29, 0.717) is 16.8 Å². The van der Waals surface area contributed by atoms with Gasteiger partial charge < -0.3 is 10.2 Å². The third-order valence-electron chi connectivity index (χ3n) is 6.74. The lowest BCUT2D eigenvalue weighted by Gasteiger charge is -2.33. The van der Waals surface area contributed by atoms with Gasteiger partial charge in [-0.05, 0) is 49.9 Å². The molecule has 11 heteroatoms. The van der Waals surface area contributed by atoms with Crippen molar-refractivity contribution in [2.24, 2.45) is 0 Å². The first-order chi connectivity index (χ1) is 17.9. The van der Waals surface area contributed by atoms with Crippen molar-refractivity contribution in [1.82, 2.24) is 10.2 Å². The molecule has 1 fully saturated rings. The number of nitrogens with zero attached hydrogens (tertiary/aromatic N) is 2. The van der Waals surface area contributed by atoms with E-state index in [4.69, 9.17) is 0 Å². The minimum Gasteiger partial charge on any atom is -0.352 e. The smallest absolute Gasteiger partial charge is 0.352 e. The maximum atomic E-state index is 13.5. The molecule has 1 aliphatic rings. The van der Waals surface area contributed by atoms with Gasteiger partial charge in [0.1, 0.15) is 12.6 Å². The van der Waals surface area contributed by atoms with Crippen molar-refractivity contribution in [2.75, 3.05) is 23.7 Å². The first-order valence-electron chi connectivity index (χ1n) is 12.6. The Labute approximate surface area is 222 Å². The summed E-state index contributed by atoms with van der Waals surface area (Å²) in [6.07, 6.45) is 1.40. The van der Waals surface area contributed by atoms with Crippen LogP contribution in [-0.2, 0) is 32.2 Å². The van der Waals surface area contributed by atoms with Gasteiger partial charge in [-0.1, -0.05) is 55.7 Å². The SMILES string of the molecule is CC(C(=O)NC1CCCCC1)N(CCc1ccccc1)C(=O)CN(c1cccc(C(F)(F)F)c1)S(C)(=O)=O. The van der Waals surface area contributed by atoms with Gasteiger partial charge in [-0.2, -0.15) is 13.2 Å². The van der Waals surface area contributed by atoms with E-state index in [-0.39, 0.29) is 24.2 Å². The number of nitrogens with one attached hydrogen (secondary N) is 1. The lowest BCUT2D eigenvalue weighted by molar-refractivity contribution is -0.139. The number of anilines is 1. The summed E-state index contributed by atoms with van der Waals surface area (Å²) >= 11 is 0. The molecule has 1 N–H and O–H groups in total. The van der Waals surface area contributed by atoms with Crippen LogP contribution in [0.2, 0.25) is 0 Å². The highest BCUT2D eigenvalue weighted by Crippen LogP contribution is 2.32. The van der Waals surface area contributed by atoms with E-state index in [2.05, 4.69) is 5.32 Å². The number of carbonyl (C=O) groups is 2. The minimum atomic E-state index is -4.68. The topological polar surface area (TPSA) is 86.8 Å². The zero-order valence-electron chi connectivity index (χ0n) is 21.6. The number of hydrogen-bond donors (Lipinski definition) is 1. The summed E-state index contributed by atoms with van der Waals surface area (Å²) < 4.78 is 65.7. The van der Waals surface area contributed by atoms with Crippen LogP contribution in [0, 0.1) is 0 Å². The van der Waals surface area contributed by atoms with Crippen molar-refractivity contribution in [2.45, 2.75) is 63.7 Å². The highest BCUT2D eigenvalue weighted by atomic mass is 32.2. The quantitative estimate of drug-likeness (QED) is 0.473.